The van der Waals surface area contributed by atoms with Crippen molar-refractivity contribution in [1.29, 1.82) is 0 Å². The summed E-state index contributed by atoms with van der Waals surface area (Å²) in [6, 6.07) is 84.7. The summed E-state index contributed by atoms with van der Waals surface area (Å²) in [5.74, 6) is 1.50. The molecule has 0 spiro atoms. The number of hydrogen-bond acceptors (Lipinski definition) is 4. The van der Waals surface area contributed by atoms with Gasteiger partial charge in [0.1, 0.15) is 22.9 Å². The molecule has 0 fully saturated rings. The van der Waals surface area contributed by atoms with Gasteiger partial charge in [-0.3, -0.25) is 0 Å². The molecule has 0 saturated heterocycles. The third kappa shape index (κ3) is 8.78. The highest BCUT2D eigenvalue weighted by Crippen LogP contribution is 2.55. The van der Waals surface area contributed by atoms with Gasteiger partial charge in [0.2, 0.25) is 5.88 Å². The van der Waals surface area contributed by atoms with Crippen LogP contribution in [0.2, 0.25) is 0 Å². The maximum Gasteiger partial charge on any atom is 0.423 e. The summed E-state index contributed by atoms with van der Waals surface area (Å²) in [6.07, 6.45) is 0.591. The van der Waals surface area contributed by atoms with Crippen molar-refractivity contribution in [2.24, 2.45) is 5.92 Å². The molecule has 0 N–H and O–H groups in total. The van der Waals surface area contributed by atoms with Crippen LogP contribution in [0.5, 0.6) is 11.6 Å². The molecular weight excluding hydrogens is 1030 g/mol. The van der Waals surface area contributed by atoms with Crippen molar-refractivity contribution >= 4 is 46.4 Å². The maximum absolute atomic E-state index is 9.53. The predicted octanol–water partition coefficient (Wildman–Crippen LogP) is 19.2. The second-order valence-electron chi connectivity index (χ2n) is 25.3. The average Bonchev–Trinajstić information content (AvgIpc) is 1.61. The van der Waals surface area contributed by atoms with E-state index in [1.54, 1.807) is 0 Å². The van der Waals surface area contributed by atoms with Crippen molar-refractivity contribution in [3.8, 4) is 89.8 Å². The number of rotatable bonds is 10. The molecule has 3 aliphatic heterocycles. The minimum absolute atomic E-state index is 0.135. The lowest BCUT2D eigenvalue weighted by Gasteiger charge is -2.40. The van der Waals surface area contributed by atoms with E-state index in [2.05, 4.69) is 273 Å². The van der Waals surface area contributed by atoms with E-state index in [9.17, 15) is 2.74 Å². The fourth-order valence-electron chi connectivity index (χ4n) is 13.2. The second-order valence-corrected chi connectivity index (χ2v) is 25.3. The third-order valence-electron chi connectivity index (χ3n) is 17.3. The van der Waals surface area contributed by atoms with Crippen LogP contribution in [0.15, 0.2) is 243 Å². The number of aromatic nitrogens is 3. The van der Waals surface area contributed by atoms with Crippen LogP contribution in [0.25, 0.3) is 89.2 Å². The molecule has 6 nitrogen and oxygen atoms in total. The summed E-state index contributed by atoms with van der Waals surface area (Å²) < 4.78 is 31.1. The molecule has 2 aromatic heterocycles. The molecule has 85 heavy (non-hydrogen) atoms. The number of fused-ring (bicyclic) bond motifs is 10. The molecule has 7 heteroatoms. The highest BCUT2D eigenvalue weighted by atomic mass is 16.5. The first-order chi connectivity index (χ1) is 42.0. The Morgan fingerprint density at radius 3 is 1.79 bits per heavy atom. The van der Waals surface area contributed by atoms with Gasteiger partial charge in [0.15, 0.2) is 11.0 Å². The van der Waals surface area contributed by atoms with Gasteiger partial charge in [-0.25, -0.2) is 0 Å². The molecule has 5 heterocycles. The highest BCUT2D eigenvalue weighted by Gasteiger charge is 2.52. The second kappa shape index (κ2) is 20.0. The molecular formula is C78H67BN5O+. The van der Waals surface area contributed by atoms with Gasteiger partial charge in [-0.2, -0.15) is 14.1 Å². The van der Waals surface area contributed by atoms with E-state index in [0.29, 0.717) is 17.2 Å². The van der Waals surface area contributed by atoms with Gasteiger partial charge >= 0.3 is 6.98 Å². The minimum Gasteiger partial charge on any atom is -0.438 e. The molecule has 10 aromatic carbocycles. The Labute approximate surface area is 502 Å². The van der Waals surface area contributed by atoms with Crippen molar-refractivity contribution in [3.63, 3.8) is 0 Å². The molecule has 0 bridgehead atoms. The van der Waals surface area contributed by atoms with Gasteiger partial charge in [0.05, 0.1) is 11.4 Å². The van der Waals surface area contributed by atoms with Crippen LogP contribution in [0, 0.1) is 5.92 Å². The van der Waals surface area contributed by atoms with E-state index in [1.165, 1.54) is 44.5 Å². The Morgan fingerprint density at radius 1 is 0.482 bits per heavy atom. The quantitative estimate of drug-likeness (QED) is 0.101. The normalized spacial score (nSPS) is 13.5. The van der Waals surface area contributed by atoms with Gasteiger partial charge < -0.3 is 14.4 Å². The first kappa shape index (κ1) is 49.9. The molecule has 15 rings (SSSR count). The molecule has 0 aliphatic carbocycles. The lowest BCUT2D eigenvalue weighted by atomic mass is 9.55. The first-order valence-electron chi connectivity index (χ1n) is 30.8. The summed E-state index contributed by atoms with van der Waals surface area (Å²) in [6.45, 7) is 17.6. The van der Waals surface area contributed by atoms with Gasteiger partial charge in [-0.1, -0.05) is 213 Å². The van der Waals surface area contributed by atoms with E-state index in [-0.39, 0.29) is 23.7 Å². The Kier molecular flexibility index (Phi) is 11.7. The first-order valence-corrected chi connectivity index (χ1v) is 29.8. The Bertz CT molecular complexity index is 4730. The summed E-state index contributed by atoms with van der Waals surface area (Å²) in [7, 11) is 0. The van der Waals surface area contributed by atoms with Crippen molar-refractivity contribution in [3.05, 3.63) is 260 Å². The van der Waals surface area contributed by atoms with Gasteiger partial charge in [0.25, 0.3) is 6.33 Å². The Morgan fingerprint density at radius 2 is 1.06 bits per heavy atom. The van der Waals surface area contributed by atoms with Crippen LogP contribution in [-0.2, 0) is 17.2 Å². The predicted molar refractivity (Wildman–Crippen MR) is 354 cm³/mol. The number of benzene rings is 10. The van der Waals surface area contributed by atoms with Gasteiger partial charge in [-0.05, 0) is 151 Å². The zero-order chi connectivity index (χ0) is 59.7. The Hall–Kier alpha value is -9.72. The number of hydrogen-bond donors (Lipinski definition) is 0. The fourth-order valence-corrected chi connectivity index (χ4v) is 13.2. The summed E-state index contributed by atoms with van der Waals surface area (Å²) in [5, 5.41) is 0. The van der Waals surface area contributed by atoms with Crippen molar-refractivity contribution in [2.45, 2.75) is 72.6 Å². The SMILES string of the molecule is [2H]C([2H])(c1ccccc1-c1ccc(-n2c[n+](-c3c(-c4ccccc4)cc(C(C)(C)C)cc3-c3cc(-c4ccccc4)cc(C(C)(C)C)c3)c3ccccc32)cc1Oc1ccc2c(n1)N1B3c4c(cccc4-2)-c2ccccc2N3c2ccccc21)C(C)C. The number of pyridine rings is 1. The van der Waals surface area contributed by atoms with E-state index < -0.39 is 6.37 Å². The monoisotopic (exact) mass is 1100 g/mol. The van der Waals surface area contributed by atoms with E-state index in [0.717, 1.165) is 84.1 Å². The summed E-state index contributed by atoms with van der Waals surface area (Å²) in [4.78, 5) is 10.4. The number of para-hydroxylation sites is 5. The highest BCUT2D eigenvalue weighted by molar-refractivity contribution is 6.88. The Balaban J connectivity index is 0.947. The van der Waals surface area contributed by atoms with Crippen LogP contribution in [0.4, 0.5) is 22.9 Å². The molecule has 0 amide bonds. The van der Waals surface area contributed by atoms with Crippen LogP contribution in [0.1, 0.15) is 74.8 Å². The molecule has 12 aromatic rings. The lowest BCUT2D eigenvalue weighted by Crippen LogP contribution is -2.58. The summed E-state index contributed by atoms with van der Waals surface area (Å²) in [5.41, 5.74) is 24.4. The topological polar surface area (TPSA) is 37.4 Å². The average molecular weight is 1100 g/mol. The third-order valence-corrected chi connectivity index (χ3v) is 17.3. The fraction of sp³-hybridized carbons (Fsp3) is 0.154. The van der Waals surface area contributed by atoms with Crippen LogP contribution < -0.4 is 24.4 Å². The zero-order valence-electron chi connectivity index (χ0n) is 51.4. The molecule has 0 radical (unpaired) electrons. The zero-order valence-corrected chi connectivity index (χ0v) is 49.4. The molecule has 0 saturated carbocycles. The molecule has 0 unspecified atom stereocenters. The van der Waals surface area contributed by atoms with Crippen molar-refractivity contribution in [1.82, 2.24) is 9.55 Å². The smallest absolute Gasteiger partial charge is 0.423 e. The van der Waals surface area contributed by atoms with Crippen LogP contribution >= 0.6 is 0 Å². The van der Waals surface area contributed by atoms with Gasteiger partial charge in [-0.15, -0.1) is 0 Å². The van der Waals surface area contributed by atoms with Crippen LogP contribution in [-0.4, -0.2) is 16.5 Å². The van der Waals surface area contributed by atoms with Crippen LogP contribution in [0.3, 0.4) is 0 Å². The minimum atomic E-state index is -1.65. The summed E-state index contributed by atoms with van der Waals surface area (Å²) >= 11 is 0. The largest absolute Gasteiger partial charge is 0.438 e. The molecule has 412 valence electrons. The van der Waals surface area contributed by atoms with E-state index in [1.807, 2.05) is 44.2 Å². The number of imidazole rings is 1. The number of ether oxygens (including phenoxy) is 1. The standard InChI is InChI=1S/C78H67BN5O/c1-50(2)42-53-28-15-16-29-59(53)61-39-38-58(48-72(61)85-73-41-40-64-63-32-23-31-62-60-30-17-18-33-67(60)83-70-36-21-22-37-71(70)84(76(64)80-73)79(83)74(62)63)81-49-82(69-35-20-19-34-68(69)81)75-65(52-26-13-10-14-27-52)46-57(78(6,7)8)47-66(75)55-43-54(51-24-11-9-12-25-51)44-56(45-55)77(3,4)5/h9-41,43-50H,42H2,1-8H3/q+1/i42D2. The van der Waals surface area contributed by atoms with Crippen molar-refractivity contribution in [2.75, 3.05) is 9.62 Å². The molecule has 3 aliphatic rings. The van der Waals surface area contributed by atoms with Gasteiger partial charge in [0, 0.05) is 48.4 Å². The number of nitrogens with zero attached hydrogens (tertiary/aromatic N) is 5. The molecule has 0 atom stereocenters. The van der Waals surface area contributed by atoms with Crippen molar-refractivity contribution < 1.29 is 12.0 Å². The van der Waals surface area contributed by atoms with E-state index in [4.69, 9.17) is 9.72 Å². The maximum atomic E-state index is 9.53. The van der Waals surface area contributed by atoms with E-state index >= 15 is 0 Å². The lowest BCUT2D eigenvalue weighted by molar-refractivity contribution is -0.566. The number of anilines is 4.